The number of ether oxygens (including phenoxy) is 1. The number of benzene rings is 1. The molecule has 0 aromatic heterocycles. The normalized spacial score (nSPS) is 23.6. The summed E-state index contributed by atoms with van der Waals surface area (Å²) in [7, 11) is 2.15. The minimum Gasteiger partial charge on any atom is -0.489 e. The molecule has 86 valence electrons. The lowest BCUT2D eigenvalue weighted by Crippen LogP contribution is -2.19. The maximum atomic E-state index is 5.96. The third-order valence-electron chi connectivity index (χ3n) is 3.50. The van der Waals surface area contributed by atoms with E-state index in [9.17, 15) is 0 Å². The predicted molar refractivity (Wildman–Crippen MR) is 65.3 cm³/mol. The zero-order chi connectivity index (χ0) is 11.0. The van der Waals surface area contributed by atoms with Gasteiger partial charge in [0, 0.05) is 31.9 Å². The molecular formula is C13H18N2O. The van der Waals surface area contributed by atoms with Gasteiger partial charge in [0.25, 0.3) is 0 Å². The Morgan fingerprint density at radius 3 is 3.19 bits per heavy atom. The molecule has 0 bridgehead atoms. The number of nitrogens with one attached hydrogen (secondary N) is 1. The third kappa shape index (κ3) is 1.76. The van der Waals surface area contributed by atoms with E-state index in [-0.39, 0.29) is 0 Å². The number of rotatable bonds is 2. The lowest BCUT2D eigenvalue weighted by atomic mass is 10.1. The molecule has 2 aliphatic heterocycles. The highest BCUT2D eigenvalue weighted by molar-refractivity contribution is 5.60. The first-order chi connectivity index (χ1) is 7.83. The molecule has 2 aliphatic rings. The summed E-state index contributed by atoms with van der Waals surface area (Å²) in [6.07, 6.45) is 2.63. The summed E-state index contributed by atoms with van der Waals surface area (Å²) in [6.45, 7) is 3.19. The van der Waals surface area contributed by atoms with Crippen LogP contribution in [0.4, 0.5) is 5.69 Å². The summed E-state index contributed by atoms with van der Waals surface area (Å²) in [5, 5.41) is 3.32. The zero-order valence-electron chi connectivity index (χ0n) is 9.70. The van der Waals surface area contributed by atoms with Gasteiger partial charge in [-0.05, 0) is 31.0 Å². The van der Waals surface area contributed by atoms with Crippen molar-refractivity contribution in [1.82, 2.24) is 5.32 Å². The molecule has 1 aromatic rings. The second-order valence-corrected chi connectivity index (χ2v) is 4.69. The summed E-state index contributed by atoms with van der Waals surface area (Å²) < 4.78 is 5.96. The summed E-state index contributed by atoms with van der Waals surface area (Å²) in [5.74, 6) is 1.02. The molecule has 1 saturated heterocycles. The molecule has 0 amide bonds. The van der Waals surface area contributed by atoms with Crippen LogP contribution in [-0.4, -0.2) is 32.8 Å². The second-order valence-electron chi connectivity index (χ2n) is 4.69. The fourth-order valence-corrected chi connectivity index (χ4v) is 2.51. The average molecular weight is 218 g/mol. The van der Waals surface area contributed by atoms with Crippen molar-refractivity contribution in [1.29, 1.82) is 0 Å². The van der Waals surface area contributed by atoms with Crippen LogP contribution in [0.15, 0.2) is 18.2 Å². The van der Waals surface area contributed by atoms with Crippen molar-refractivity contribution in [3.05, 3.63) is 23.8 Å². The number of likely N-dealkylation sites (N-methyl/N-ethyl adjacent to an activating group) is 1. The van der Waals surface area contributed by atoms with Crippen LogP contribution in [0.5, 0.6) is 5.75 Å². The van der Waals surface area contributed by atoms with Crippen LogP contribution in [-0.2, 0) is 6.42 Å². The quantitative estimate of drug-likeness (QED) is 0.812. The van der Waals surface area contributed by atoms with E-state index in [2.05, 4.69) is 35.5 Å². The Hall–Kier alpha value is -1.22. The molecule has 3 rings (SSSR count). The first kappa shape index (κ1) is 9.97. The molecule has 0 saturated carbocycles. The van der Waals surface area contributed by atoms with Crippen molar-refractivity contribution >= 4 is 5.69 Å². The maximum absolute atomic E-state index is 5.96. The number of anilines is 1. The van der Waals surface area contributed by atoms with E-state index in [1.54, 1.807) is 0 Å². The standard InChI is InChI=1S/C13H18N2O/c1-15-7-5-10-2-3-11(8-13(10)15)16-12-4-6-14-9-12/h2-3,8,12,14H,4-7,9H2,1H3. The van der Waals surface area contributed by atoms with Crippen molar-refractivity contribution in [2.24, 2.45) is 0 Å². The molecule has 0 aliphatic carbocycles. The molecule has 3 nitrogen and oxygen atoms in total. The highest BCUT2D eigenvalue weighted by Crippen LogP contribution is 2.31. The van der Waals surface area contributed by atoms with E-state index < -0.39 is 0 Å². The van der Waals surface area contributed by atoms with E-state index in [0.29, 0.717) is 6.10 Å². The minimum atomic E-state index is 0.352. The van der Waals surface area contributed by atoms with E-state index in [0.717, 1.165) is 38.2 Å². The molecule has 0 radical (unpaired) electrons. The Bertz CT molecular complexity index is 386. The molecule has 1 unspecified atom stereocenters. The molecule has 1 atom stereocenters. The van der Waals surface area contributed by atoms with Crippen LogP contribution >= 0.6 is 0 Å². The number of nitrogens with zero attached hydrogens (tertiary/aromatic N) is 1. The molecule has 2 heterocycles. The van der Waals surface area contributed by atoms with Crippen LogP contribution in [0.3, 0.4) is 0 Å². The fourth-order valence-electron chi connectivity index (χ4n) is 2.51. The predicted octanol–water partition coefficient (Wildman–Crippen LogP) is 1.42. The molecule has 3 heteroatoms. The van der Waals surface area contributed by atoms with Gasteiger partial charge in [0.2, 0.25) is 0 Å². The van der Waals surface area contributed by atoms with Gasteiger partial charge in [0.05, 0.1) is 0 Å². The van der Waals surface area contributed by atoms with Gasteiger partial charge in [0.1, 0.15) is 11.9 Å². The van der Waals surface area contributed by atoms with Crippen LogP contribution in [0.1, 0.15) is 12.0 Å². The van der Waals surface area contributed by atoms with E-state index in [4.69, 9.17) is 4.74 Å². The highest BCUT2D eigenvalue weighted by atomic mass is 16.5. The third-order valence-corrected chi connectivity index (χ3v) is 3.50. The van der Waals surface area contributed by atoms with Crippen molar-refractivity contribution in [3.8, 4) is 5.75 Å². The Kier molecular flexibility index (Phi) is 2.48. The van der Waals surface area contributed by atoms with Crippen LogP contribution in [0.25, 0.3) is 0 Å². The Labute approximate surface area is 96.4 Å². The molecule has 16 heavy (non-hydrogen) atoms. The molecule has 1 aromatic carbocycles. The second kappa shape index (κ2) is 3.98. The summed E-state index contributed by atoms with van der Waals surface area (Å²) in [5.41, 5.74) is 2.78. The number of hydrogen-bond acceptors (Lipinski definition) is 3. The fraction of sp³-hybridized carbons (Fsp3) is 0.538. The Morgan fingerprint density at radius 1 is 1.44 bits per heavy atom. The Morgan fingerprint density at radius 2 is 2.38 bits per heavy atom. The SMILES string of the molecule is CN1CCc2ccc(OC3CCNC3)cc21. The van der Waals surface area contributed by atoms with Crippen molar-refractivity contribution in [2.75, 3.05) is 31.6 Å². The largest absolute Gasteiger partial charge is 0.489 e. The average Bonchev–Trinajstić information content (AvgIpc) is 2.90. The van der Waals surface area contributed by atoms with Gasteiger partial charge in [-0.1, -0.05) is 6.07 Å². The summed E-state index contributed by atoms with van der Waals surface area (Å²) in [4.78, 5) is 2.30. The van der Waals surface area contributed by atoms with E-state index in [1.165, 1.54) is 11.3 Å². The van der Waals surface area contributed by atoms with Crippen molar-refractivity contribution in [3.63, 3.8) is 0 Å². The smallest absolute Gasteiger partial charge is 0.121 e. The first-order valence-electron chi connectivity index (χ1n) is 6.04. The zero-order valence-corrected chi connectivity index (χ0v) is 9.70. The van der Waals surface area contributed by atoms with Gasteiger partial charge in [-0.3, -0.25) is 0 Å². The lowest BCUT2D eigenvalue weighted by molar-refractivity contribution is 0.223. The highest BCUT2D eigenvalue weighted by Gasteiger charge is 2.19. The van der Waals surface area contributed by atoms with Crippen molar-refractivity contribution in [2.45, 2.75) is 18.9 Å². The van der Waals surface area contributed by atoms with Gasteiger partial charge in [-0.25, -0.2) is 0 Å². The van der Waals surface area contributed by atoms with E-state index in [1.807, 2.05) is 0 Å². The topological polar surface area (TPSA) is 24.5 Å². The molecule has 1 N–H and O–H groups in total. The molecule has 1 fully saturated rings. The number of fused-ring (bicyclic) bond motifs is 1. The monoisotopic (exact) mass is 218 g/mol. The van der Waals surface area contributed by atoms with Gasteiger partial charge in [-0.2, -0.15) is 0 Å². The molecule has 0 spiro atoms. The van der Waals surface area contributed by atoms with Crippen molar-refractivity contribution < 1.29 is 4.74 Å². The van der Waals surface area contributed by atoms with Gasteiger partial charge < -0.3 is 15.0 Å². The minimum absolute atomic E-state index is 0.352. The molecular weight excluding hydrogens is 200 g/mol. The summed E-state index contributed by atoms with van der Waals surface area (Å²) in [6, 6.07) is 6.49. The summed E-state index contributed by atoms with van der Waals surface area (Å²) >= 11 is 0. The van der Waals surface area contributed by atoms with Gasteiger partial charge in [0.15, 0.2) is 0 Å². The van der Waals surface area contributed by atoms with Crippen LogP contribution < -0.4 is 15.0 Å². The van der Waals surface area contributed by atoms with Crippen LogP contribution in [0.2, 0.25) is 0 Å². The number of hydrogen-bond donors (Lipinski definition) is 1. The lowest BCUT2D eigenvalue weighted by Gasteiger charge is -2.16. The van der Waals surface area contributed by atoms with E-state index >= 15 is 0 Å². The van der Waals surface area contributed by atoms with Crippen LogP contribution in [0, 0.1) is 0 Å². The first-order valence-corrected chi connectivity index (χ1v) is 6.04. The maximum Gasteiger partial charge on any atom is 0.121 e. The van der Waals surface area contributed by atoms with Gasteiger partial charge >= 0.3 is 0 Å². The Balaban J connectivity index is 1.78. The van der Waals surface area contributed by atoms with Gasteiger partial charge in [-0.15, -0.1) is 0 Å².